The summed E-state index contributed by atoms with van der Waals surface area (Å²) < 4.78 is 28.3. The predicted octanol–water partition coefficient (Wildman–Crippen LogP) is 6.66. The van der Waals surface area contributed by atoms with Gasteiger partial charge in [0.15, 0.2) is 0 Å². The van der Waals surface area contributed by atoms with Gasteiger partial charge in [-0.25, -0.2) is 22.4 Å². The van der Waals surface area contributed by atoms with Crippen molar-refractivity contribution >= 4 is 38.5 Å². The molecule has 3 aromatic heterocycles. The van der Waals surface area contributed by atoms with Crippen LogP contribution in [0.4, 0.5) is 5.95 Å². The minimum Gasteiger partial charge on any atom is -0.350 e. The topological polar surface area (TPSA) is 89.8 Å². The normalized spacial score (nSPS) is 11.5. The Morgan fingerprint density at radius 3 is 2.33 bits per heavy atom. The third-order valence-electron chi connectivity index (χ3n) is 6.34. The van der Waals surface area contributed by atoms with Crippen molar-refractivity contribution in [3.05, 3.63) is 126 Å². The van der Waals surface area contributed by atoms with Crippen LogP contribution in [-0.4, -0.2) is 27.3 Å². The first-order chi connectivity index (χ1) is 19.0. The number of aromatic nitrogens is 4. The van der Waals surface area contributed by atoms with E-state index in [-0.39, 0.29) is 4.90 Å². The molecule has 0 aliphatic heterocycles. The molecule has 0 bridgehead atoms. The lowest BCUT2D eigenvalue weighted by atomic mass is 10.1. The molecule has 0 fully saturated rings. The first-order valence-corrected chi connectivity index (χ1v) is 14.0. The number of anilines is 1. The Morgan fingerprint density at radius 2 is 1.56 bits per heavy atom. The first kappa shape index (κ1) is 24.8. The largest absolute Gasteiger partial charge is 0.350 e. The van der Waals surface area contributed by atoms with Gasteiger partial charge in [0.2, 0.25) is 5.95 Å². The summed E-state index contributed by atoms with van der Waals surface area (Å²) in [5.74, 6) is 0.381. The summed E-state index contributed by atoms with van der Waals surface area (Å²) >= 11 is 6.55. The maximum absolute atomic E-state index is 13.5. The monoisotopic (exact) mass is 551 g/mol. The number of hydrogen-bond donors (Lipinski definition) is 1. The predicted molar refractivity (Wildman–Crippen MR) is 154 cm³/mol. The molecule has 0 saturated carbocycles. The van der Waals surface area contributed by atoms with E-state index >= 15 is 0 Å². The van der Waals surface area contributed by atoms with Crippen molar-refractivity contribution in [1.82, 2.24) is 18.9 Å². The van der Waals surface area contributed by atoms with Gasteiger partial charge in [-0.05, 0) is 35.9 Å². The molecule has 192 valence electrons. The van der Waals surface area contributed by atoms with Gasteiger partial charge in [-0.2, -0.15) is 0 Å². The van der Waals surface area contributed by atoms with E-state index in [1.807, 2.05) is 54.6 Å². The fraction of sp³-hybridized carbons (Fsp3) is 0.0333. The Hall–Kier alpha value is -4.53. The van der Waals surface area contributed by atoms with Crippen molar-refractivity contribution in [2.45, 2.75) is 11.4 Å². The number of nitrogens with one attached hydrogen (secondary N) is 1. The van der Waals surface area contributed by atoms with Crippen molar-refractivity contribution in [1.29, 1.82) is 0 Å². The number of para-hydroxylation sites is 1. The molecule has 0 spiro atoms. The Kier molecular flexibility index (Phi) is 6.56. The summed E-state index contributed by atoms with van der Waals surface area (Å²) in [6.07, 6.45) is 4.87. The molecule has 6 aromatic rings. The fourth-order valence-electron chi connectivity index (χ4n) is 4.39. The van der Waals surface area contributed by atoms with E-state index in [9.17, 15) is 8.42 Å². The molecule has 0 radical (unpaired) electrons. The van der Waals surface area contributed by atoms with Gasteiger partial charge in [0.1, 0.15) is 0 Å². The molecule has 0 saturated heterocycles. The van der Waals surface area contributed by atoms with E-state index in [2.05, 4.69) is 20.3 Å². The van der Waals surface area contributed by atoms with Crippen molar-refractivity contribution in [3.63, 3.8) is 0 Å². The van der Waals surface area contributed by atoms with Crippen LogP contribution in [0.25, 0.3) is 33.4 Å². The fourth-order valence-corrected chi connectivity index (χ4v) is 5.98. The minimum atomic E-state index is -3.84. The molecule has 3 heterocycles. The van der Waals surface area contributed by atoms with E-state index in [1.165, 1.54) is 10.2 Å². The third-order valence-corrected chi connectivity index (χ3v) is 8.31. The third kappa shape index (κ3) is 4.87. The number of nitrogens with zero attached hydrogens (tertiary/aromatic N) is 4. The lowest BCUT2D eigenvalue weighted by Crippen LogP contribution is -2.11. The number of fused-ring (bicyclic) bond motifs is 1. The van der Waals surface area contributed by atoms with Crippen molar-refractivity contribution in [3.8, 4) is 22.5 Å². The van der Waals surface area contributed by atoms with E-state index in [1.54, 1.807) is 54.9 Å². The number of pyridine rings is 1. The zero-order chi connectivity index (χ0) is 26.8. The van der Waals surface area contributed by atoms with Gasteiger partial charge >= 0.3 is 0 Å². The van der Waals surface area contributed by atoms with Gasteiger partial charge in [0.25, 0.3) is 10.0 Å². The second-order valence-corrected chi connectivity index (χ2v) is 11.1. The van der Waals surface area contributed by atoms with Gasteiger partial charge in [0.05, 0.1) is 33.0 Å². The van der Waals surface area contributed by atoms with Gasteiger partial charge in [-0.1, -0.05) is 78.3 Å². The Labute approximate surface area is 230 Å². The smallest absolute Gasteiger partial charge is 0.268 e. The highest BCUT2D eigenvalue weighted by molar-refractivity contribution is 7.90. The van der Waals surface area contributed by atoms with Gasteiger partial charge in [-0.15, -0.1) is 0 Å². The molecule has 0 aliphatic carbocycles. The summed E-state index contributed by atoms with van der Waals surface area (Å²) in [6, 6.07) is 29.5. The summed E-state index contributed by atoms with van der Waals surface area (Å²) in [6.45, 7) is 0.494. The second kappa shape index (κ2) is 10.3. The standard InChI is InChI=1S/C30H22ClN5O2S/c31-26-19-34-30(33-18-21-13-15-22(16-14-21)27-11-6-7-17-32-27)35-29(26)25-20-36(28-12-5-4-10-24(25)28)39(37,38)23-8-2-1-3-9-23/h1-17,19-20H,18H2,(H,33,34,35). The van der Waals surface area contributed by atoms with Crippen LogP contribution < -0.4 is 5.32 Å². The molecule has 39 heavy (non-hydrogen) atoms. The average Bonchev–Trinajstić information content (AvgIpc) is 3.38. The van der Waals surface area contributed by atoms with Crippen molar-refractivity contribution in [2.24, 2.45) is 0 Å². The quantitative estimate of drug-likeness (QED) is 0.238. The Morgan fingerprint density at radius 1 is 0.821 bits per heavy atom. The van der Waals surface area contributed by atoms with Crippen LogP contribution in [0, 0.1) is 0 Å². The number of rotatable bonds is 7. The van der Waals surface area contributed by atoms with Gasteiger partial charge in [0, 0.05) is 35.5 Å². The zero-order valence-electron chi connectivity index (χ0n) is 20.6. The van der Waals surface area contributed by atoms with Crippen LogP contribution in [-0.2, 0) is 16.6 Å². The molecule has 0 amide bonds. The molecule has 3 aromatic carbocycles. The van der Waals surface area contributed by atoms with Crippen LogP contribution in [0.5, 0.6) is 0 Å². The molecule has 7 nitrogen and oxygen atoms in total. The Bertz CT molecular complexity index is 1870. The molecule has 1 N–H and O–H groups in total. The van der Waals surface area contributed by atoms with Gasteiger partial charge in [-0.3, -0.25) is 4.98 Å². The highest BCUT2D eigenvalue weighted by Gasteiger charge is 2.23. The number of halogens is 1. The van der Waals surface area contributed by atoms with E-state index in [0.717, 1.165) is 16.8 Å². The summed E-state index contributed by atoms with van der Waals surface area (Å²) in [7, 11) is -3.84. The van der Waals surface area contributed by atoms with Gasteiger partial charge < -0.3 is 5.32 Å². The summed E-state index contributed by atoms with van der Waals surface area (Å²) in [5, 5.41) is 4.28. The number of hydrogen-bond acceptors (Lipinski definition) is 6. The van der Waals surface area contributed by atoms with Crippen LogP contribution in [0.1, 0.15) is 5.56 Å². The lowest BCUT2D eigenvalue weighted by molar-refractivity contribution is 0.589. The van der Waals surface area contributed by atoms with Crippen molar-refractivity contribution in [2.75, 3.05) is 5.32 Å². The van der Waals surface area contributed by atoms with Crippen molar-refractivity contribution < 1.29 is 8.42 Å². The molecule has 9 heteroatoms. The molecule has 0 aliphatic rings. The maximum atomic E-state index is 13.5. The van der Waals surface area contributed by atoms with Crippen LogP contribution in [0.15, 0.2) is 121 Å². The second-order valence-electron chi connectivity index (χ2n) is 8.83. The average molecular weight is 552 g/mol. The SMILES string of the molecule is O=S(=O)(c1ccccc1)n1cc(-c2nc(NCc3ccc(-c4ccccn4)cc3)ncc2Cl)c2ccccc21. The number of benzene rings is 3. The molecular formula is C30H22ClN5O2S. The zero-order valence-corrected chi connectivity index (χ0v) is 22.1. The molecule has 0 atom stereocenters. The van der Waals surface area contributed by atoms with E-state index in [4.69, 9.17) is 11.6 Å². The first-order valence-electron chi connectivity index (χ1n) is 12.2. The lowest BCUT2D eigenvalue weighted by Gasteiger charge is -2.09. The van der Waals surface area contributed by atoms with Crippen LogP contribution >= 0.6 is 11.6 Å². The van der Waals surface area contributed by atoms with Crippen LogP contribution in [0.2, 0.25) is 5.02 Å². The van der Waals surface area contributed by atoms with Crippen LogP contribution in [0.3, 0.4) is 0 Å². The molecule has 0 unspecified atom stereocenters. The van der Waals surface area contributed by atoms with E-state index in [0.29, 0.717) is 39.7 Å². The molecule has 6 rings (SSSR count). The maximum Gasteiger partial charge on any atom is 0.268 e. The van der Waals surface area contributed by atoms with E-state index < -0.39 is 10.0 Å². The highest BCUT2D eigenvalue weighted by Crippen LogP contribution is 2.35. The molecular weight excluding hydrogens is 530 g/mol. The summed E-state index contributed by atoms with van der Waals surface area (Å²) in [4.78, 5) is 13.6. The minimum absolute atomic E-state index is 0.197. The highest BCUT2D eigenvalue weighted by atomic mass is 35.5. The Balaban J connectivity index is 1.31. The summed E-state index contributed by atoms with van der Waals surface area (Å²) in [5.41, 5.74) is 4.56.